The van der Waals surface area contributed by atoms with Gasteiger partial charge >= 0.3 is 0 Å². The summed E-state index contributed by atoms with van der Waals surface area (Å²) in [6.45, 7) is 6.23. The second kappa shape index (κ2) is 9.31. The lowest BCUT2D eigenvalue weighted by Crippen LogP contribution is -2.11. The van der Waals surface area contributed by atoms with Crippen molar-refractivity contribution in [3.05, 3.63) is 53.1 Å². The Hall–Kier alpha value is -1.87. The number of unbranched alkanes of at least 4 members (excludes halogenated alkanes) is 1. The third-order valence-electron chi connectivity index (χ3n) is 3.45. The molecule has 1 N–H and O–H groups in total. The van der Waals surface area contributed by atoms with Gasteiger partial charge in [-0.05, 0) is 61.4 Å². The first-order valence-corrected chi connectivity index (χ1v) is 8.42. The lowest BCUT2D eigenvalue weighted by molar-refractivity contribution is 0.309. The summed E-state index contributed by atoms with van der Waals surface area (Å²) in [5, 5.41) is 4.09. The lowest BCUT2D eigenvalue weighted by Gasteiger charge is -2.10. The standard InChI is InChI=1S/C19H24ClNO2/c1-3-4-12-22-17-7-5-16(6-8-17)21-11-13-23-18-9-10-19(20)15(2)14-18/h5-10,14,21H,3-4,11-13H2,1-2H3. The van der Waals surface area contributed by atoms with Crippen molar-refractivity contribution in [2.24, 2.45) is 0 Å². The van der Waals surface area contributed by atoms with E-state index in [0.717, 1.165) is 53.8 Å². The van der Waals surface area contributed by atoms with Crippen LogP contribution in [0.5, 0.6) is 11.5 Å². The zero-order valence-electron chi connectivity index (χ0n) is 13.8. The van der Waals surface area contributed by atoms with Gasteiger partial charge in [-0.3, -0.25) is 0 Å². The predicted octanol–water partition coefficient (Wildman–Crippen LogP) is 5.32. The molecule has 0 saturated carbocycles. The van der Waals surface area contributed by atoms with E-state index in [0.29, 0.717) is 6.61 Å². The van der Waals surface area contributed by atoms with Gasteiger partial charge in [-0.2, -0.15) is 0 Å². The van der Waals surface area contributed by atoms with E-state index in [4.69, 9.17) is 21.1 Å². The minimum atomic E-state index is 0.593. The van der Waals surface area contributed by atoms with Crippen LogP contribution >= 0.6 is 11.6 Å². The van der Waals surface area contributed by atoms with E-state index < -0.39 is 0 Å². The normalized spacial score (nSPS) is 10.4. The fourth-order valence-corrected chi connectivity index (χ4v) is 2.19. The maximum Gasteiger partial charge on any atom is 0.119 e. The largest absolute Gasteiger partial charge is 0.494 e. The number of benzene rings is 2. The molecule has 0 aliphatic carbocycles. The Morgan fingerprint density at radius 3 is 2.35 bits per heavy atom. The highest BCUT2D eigenvalue weighted by Crippen LogP contribution is 2.21. The highest BCUT2D eigenvalue weighted by molar-refractivity contribution is 6.31. The van der Waals surface area contributed by atoms with Crippen molar-refractivity contribution in [3.63, 3.8) is 0 Å². The zero-order valence-corrected chi connectivity index (χ0v) is 14.5. The Morgan fingerprint density at radius 1 is 0.957 bits per heavy atom. The second-order valence-corrected chi connectivity index (χ2v) is 5.82. The maximum atomic E-state index is 6.00. The summed E-state index contributed by atoms with van der Waals surface area (Å²) in [4.78, 5) is 0. The molecule has 0 amide bonds. The Balaban J connectivity index is 1.70. The van der Waals surface area contributed by atoms with Crippen LogP contribution in [0.2, 0.25) is 5.02 Å². The Morgan fingerprint density at radius 2 is 1.65 bits per heavy atom. The van der Waals surface area contributed by atoms with Crippen molar-refractivity contribution < 1.29 is 9.47 Å². The molecule has 0 aliphatic heterocycles. The molecule has 0 unspecified atom stereocenters. The van der Waals surface area contributed by atoms with E-state index in [1.165, 1.54) is 0 Å². The highest BCUT2D eigenvalue weighted by atomic mass is 35.5. The average molecular weight is 334 g/mol. The molecule has 0 radical (unpaired) electrons. The fourth-order valence-electron chi connectivity index (χ4n) is 2.07. The predicted molar refractivity (Wildman–Crippen MR) is 97.0 cm³/mol. The van der Waals surface area contributed by atoms with Gasteiger partial charge in [0, 0.05) is 17.3 Å². The monoisotopic (exact) mass is 333 g/mol. The molecule has 23 heavy (non-hydrogen) atoms. The van der Waals surface area contributed by atoms with Crippen LogP contribution in [0.15, 0.2) is 42.5 Å². The van der Waals surface area contributed by atoms with Crippen molar-refractivity contribution in [2.75, 3.05) is 25.1 Å². The number of hydrogen-bond acceptors (Lipinski definition) is 3. The molecular formula is C19H24ClNO2. The molecule has 124 valence electrons. The second-order valence-electron chi connectivity index (χ2n) is 5.41. The third-order valence-corrected chi connectivity index (χ3v) is 3.87. The van der Waals surface area contributed by atoms with Crippen LogP contribution in [0.25, 0.3) is 0 Å². The van der Waals surface area contributed by atoms with Gasteiger partial charge in [0.05, 0.1) is 6.61 Å². The Labute approximate surface area is 143 Å². The smallest absolute Gasteiger partial charge is 0.119 e. The van der Waals surface area contributed by atoms with Crippen LogP contribution in [-0.4, -0.2) is 19.8 Å². The van der Waals surface area contributed by atoms with E-state index in [2.05, 4.69) is 12.2 Å². The first kappa shape index (κ1) is 17.5. The zero-order chi connectivity index (χ0) is 16.5. The summed E-state index contributed by atoms with van der Waals surface area (Å²) in [5.41, 5.74) is 2.08. The van der Waals surface area contributed by atoms with Crippen LogP contribution in [-0.2, 0) is 0 Å². The van der Waals surface area contributed by atoms with Gasteiger partial charge in [0.25, 0.3) is 0 Å². The van der Waals surface area contributed by atoms with E-state index in [1.807, 2.05) is 49.4 Å². The Bertz CT molecular complexity index is 599. The molecule has 0 aromatic heterocycles. The molecule has 4 heteroatoms. The van der Waals surface area contributed by atoms with Gasteiger partial charge in [-0.25, -0.2) is 0 Å². The van der Waals surface area contributed by atoms with Gasteiger partial charge in [-0.1, -0.05) is 24.9 Å². The molecule has 0 spiro atoms. The maximum absolute atomic E-state index is 6.00. The summed E-state index contributed by atoms with van der Waals surface area (Å²) in [5.74, 6) is 1.75. The van der Waals surface area contributed by atoms with Crippen molar-refractivity contribution in [1.82, 2.24) is 0 Å². The van der Waals surface area contributed by atoms with Crippen LogP contribution in [0.3, 0.4) is 0 Å². The molecule has 0 aliphatic rings. The Kier molecular flexibility index (Phi) is 7.08. The highest BCUT2D eigenvalue weighted by Gasteiger charge is 1.99. The van der Waals surface area contributed by atoms with Crippen molar-refractivity contribution in [3.8, 4) is 11.5 Å². The number of aryl methyl sites for hydroxylation is 1. The van der Waals surface area contributed by atoms with Crippen LogP contribution in [0, 0.1) is 6.92 Å². The molecule has 2 rings (SSSR count). The van der Waals surface area contributed by atoms with Crippen molar-refractivity contribution in [1.29, 1.82) is 0 Å². The van der Waals surface area contributed by atoms with Gasteiger partial charge in [0.15, 0.2) is 0 Å². The number of rotatable bonds is 9. The number of anilines is 1. The number of ether oxygens (including phenoxy) is 2. The number of hydrogen-bond donors (Lipinski definition) is 1. The van der Waals surface area contributed by atoms with E-state index >= 15 is 0 Å². The topological polar surface area (TPSA) is 30.5 Å². The SMILES string of the molecule is CCCCOc1ccc(NCCOc2ccc(Cl)c(C)c2)cc1. The van der Waals surface area contributed by atoms with Crippen LogP contribution < -0.4 is 14.8 Å². The summed E-state index contributed by atoms with van der Waals surface area (Å²) in [6, 6.07) is 13.7. The van der Waals surface area contributed by atoms with Crippen molar-refractivity contribution >= 4 is 17.3 Å². The molecule has 2 aromatic rings. The number of halogens is 1. The summed E-state index contributed by atoms with van der Waals surface area (Å²) in [6.07, 6.45) is 2.23. The molecule has 0 saturated heterocycles. The molecule has 2 aromatic carbocycles. The van der Waals surface area contributed by atoms with Crippen molar-refractivity contribution in [2.45, 2.75) is 26.7 Å². The first-order chi connectivity index (χ1) is 11.2. The quantitative estimate of drug-likeness (QED) is 0.630. The minimum Gasteiger partial charge on any atom is -0.494 e. The molecular weight excluding hydrogens is 310 g/mol. The van der Waals surface area contributed by atoms with Gasteiger partial charge in [-0.15, -0.1) is 0 Å². The van der Waals surface area contributed by atoms with Gasteiger partial charge in [0.2, 0.25) is 0 Å². The summed E-state index contributed by atoms with van der Waals surface area (Å²) < 4.78 is 11.3. The summed E-state index contributed by atoms with van der Waals surface area (Å²) >= 11 is 6.00. The molecule has 0 atom stereocenters. The first-order valence-electron chi connectivity index (χ1n) is 8.04. The summed E-state index contributed by atoms with van der Waals surface area (Å²) in [7, 11) is 0. The van der Waals surface area contributed by atoms with E-state index in [9.17, 15) is 0 Å². The van der Waals surface area contributed by atoms with Gasteiger partial charge in [0.1, 0.15) is 18.1 Å². The average Bonchev–Trinajstić information content (AvgIpc) is 2.56. The fraction of sp³-hybridized carbons (Fsp3) is 0.368. The third kappa shape index (κ3) is 6.03. The lowest BCUT2D eigenvalue weighted by atomic mass is 10.2. The molecule has 0 heterocycles. The van der Waals surface area contributed by atoms with Gasteiger partial charge < -0.3 is 14.8 Å². The van der Waals surface area contributed by atoms with E-state index in [1.54, 1.807) is 0 Å². The molecule has 0 fully saturated rings. The molecule has 0 bridgehead atoms. The molecule has 3 nitrogen and oxygen atoms in total. The number of nitrogens with one attached hydrogen (secondary N) is 1. The van der Waals surface area contributed by atoms with Crippen LogP contribution in [0.4, 0.5) is 5.69 Å². The van der Waals surface area contributed by atoms with Crippen LogP contribution in [0.1, 0.15) is 25.3 Å². The minimum absolute atomic E-state index is 0.593. The van der Waals surface area contributed by atoms with E-state index in [-0.39, 0.29) is 0 Å².